The van der Waals surface area contributed by atoms with Crippen molar-refractivity contribution in [3.63, 3.8) is 0 Å². The molecule has 0 fully saturated rings. The number of sulfonamides is 1. The van der Waals surface area contributed by atoms with Gasteiger partial charge in [-0.25, -0.2) is 8.42 Å². The minimum absolute atomic E-state index is 0.0882. The second-order valence-electron chi connectivity index (χ2n) is 4.75. The quantitative estimate of drug-likeness (QED) is 0.511. The van der Waals surface area contributed by atoms with Crippen molar-refractivity contribution in [3.05, 3.63) is 28.3 Å². The fourth-order valence-corrected chi connectivity index (χ4v) is 3.12. The average molecular weight is 346 g/mol. The third-order valence-electron chi connectivity index (χ3n) is 3.10. The standard InChI is InChI=1S/C13H18N2O7S/c1-3-4-5-10(13(16)17)14-23(20,21)9-6-7-12(22-2)11(8-9)15(18)19/h6-8,10,14H,3-5H2,1-2H3,(H,16,17)/t10-/m0/s1. The molecule has 1 atom stereocenters. The van der Waals surface area contributed by atoms with Gasteiger partial charge in [0.15, 0.2) is 5.75 Å². The molecule has 2 N–H and O–H groups in total. The molecule has 0 heterocycles. The SMILES string of the molecule is CCCC[C@H](NS(=O)(=O)c1ccc(OC)c([N+](=O)[O-])c1)C(=O)O. The van der Waals surface area contributed by atoms with Gasteiger partial charge in [-0.05, 0) is 18.6 Å². The van der Waals surface area contributed by atoms with Crippen LogP contribution in [0.15, 0.2) is 23.1 Å². The fourth-order valence-electron chi connectivity index (χ4n) is 1.88. The van der Waals surface area contributed by atoms with Crippen LogP contribution in [-0.4, -0.2) is 37.6 Å². The Morgan fingerprint density at radius 2 is 2.13 bits per heavy atom. The molecule has 0 spiro atoms. The molecule has 0 aliphatic carbocycles. The zero-order valence-electron chi connectivity index (χ0n) is 12.7. The summed E-state index contributed by atoms with van der Waals surface area (Å²) < 4.78 is 31.3. The number of hydrogen-bond acceptors (Lipinski definition) is 6. The molecule has 128 valence electrons. The summed E-state index contributed by atoms with van der Waals surface area (Å²) >= 11 is 0. The molecule has 23 heavy (non-hydrogen) atoms. The summed E-state index contributed by atoms with van der Waals surface area (Å²) in [5, 5.41) is 20.0. The number of benzene rings is 1. The van der Waals surface area contributed by atoms with Crippen LogP contribution in [0.4, 0.5) is 5.69 Å². The van der Waals surface area contributed by atoms with Gasteiger partial charge in [0.2, 0.25) is 10.0 Å². The van der Waals surface area contributed by atoms with Gasteiger partial charge >= 0.3 is 11.7 Å². The molecule has 9 nitrogen and oxygen atoms in total. The highest BCUT2D eigenvalue weighted by Crippen LogP contribution is 2.29. The predicted molar refractivity (Wildman–Crippen MR) is 80.9 cm³/mol. The number of nitro benzene ring substituents is 1. The maximum absolute atomic E-state index is 12.2. The molecule has 10 heteroatoms. The number of ether oxygens (including phenoxy) is 1. The first-order chi connectivity index (χ1) is 10.7. The number of hydrogen-bond donors (Lipinski definition) is 2. The Bertz CT molecular complexity index is 688. The summed E-state index contributed by atoms with van der Waals surface area (Å²) in [6.45, 7) is 1.85. The van der Waals surface area contributed by atoms with Crippen LogP contribution in [0.5, 0.6) is 5.75 Å². The maximum atomic E-state index is 12.2. The lowest BCUT2D eigenvalue weighted by Gasteiger charge is -2.14. The minimum Gasteiger partial charge on any atom is -0.490 e. The van der Waals surface area contributed by atoms with Crippen LogP contribution in [0.25, 0.3) is 0 Å². The second-order valence-corrected chi connectivity index (χ2v) is 6.46. The molecule has 0 saturated carbocycles. The lowest BCUT2D eigenvalue weighted by Crippen LogP contribution is -2.40. The fraction of sp³-hybridized carbons (Fsp3) is 0.462. The Balaban J connectivity index is 3.14. The largest absolute Gasteiger partial charge is 0.490 e. The molecule has 0 bridgehead atoms. The predicted octanol–water partition coefficient (Wildman–Crippen LogP) is 1.53. The van der Waals surface area contributed by atoms with Crippen molar-refractivity contribution in [2.24, 2.45) is 0 Å². The number of rotatable bonds is 9. The highest BCUT2D eigenvalue weighted by Gasteiger charge is 2.27. The van der Waals surface area contributed by atoms with Crippen molar-refractivity contribution < 1.29 is 28.0 Å². The number of unbranched alkanes of at least 4 members (excludes halogenated alkanes) is 1. The first-order valence-electron chi connectivity index (χ1n) is 6.80. The zero-order valence-corrected chi connectivity index (χ0v) is 13.5. The molecule has 1 aromatic rings. The van der Waals surface area contributed by atoms with Crippen LogP contribution in [0.1, 0.15) is 26.2 Å². The number of nitrogens with one attached hydrogen (secondary N) is 1. The molecule has 0 amide bonds. The third-order valence-corrected chi connectivity index (χ3v) is 4.57. The van der Waals surface area contributed by atoms with E-state index in [1.807, 2.05) is 6.92 Å². The van der Waals surface area contributed by atoms with Crippen molar-refractivity contribution in [2.75, 3.05) is 7.11 Å². The number of carboxylic acid groups (broad SMARTS) is 1. The Hall–Kier alpha value is -2.20. The van der Waals surface area contributed by atoms with Crippen molar-refractivity contribution in [2.45, 2.75) is 37.1 Å². The van der Waals surface area contributed by atoms with Gasteiger partial charge in [-0.2, -0.15) is 4.72 Å². The number of carbonyl (C=O) groups is 1. The molecule has 0 radical (unpaired) electrons. The number of nitro groups is 1. The van der Waals surface area contributed by atoms with Crippen LogP contribution in [0, 0.1) is 10.1 Å². The van der Waals surface area contributed by atoms with Gasteiger partial charge in [0.1, 0.15) is 6.04 Å². The molecular formula is C13H18N2O7S. The molecular weight excluding hydrogens is 328 g/mol. The van der Waals surface area contributed by atoms with E-state index in [1.165, 1.54) is 7.11 Å². The molecule has 0 aliphatic heterocycles. The van der Waals surface area contributed by atoms with E-state index < -0.39 is 37.5 Å². The normalized spacial score (nSPS) is 12.6. The van der Waals surface area contributed by atoms with Crippen LogP contribution < -0.4 is 9.46 Å². The monoisotopic (exact) mass is 346 g/mol. The van der Waals surface area contributed by atoms with E-state index in [4.69, 9.17) is 9.84 Å². The molecule has 0 unspecified atom stereocenters. The molecule has 0 aliphatic rings. The average Bonchev–Trinajstić information content (AvgIpc) is 2.50. The summed E-state index contributed by atoms with van der Waals surface area (Å²) in [7, 11) is -2.98. The van der Waals surface area contributed by atoms with Gasteiger partial charge in [0, 0.05) is 6.07 Å². The Labute approximate surface area is 133 Å². The van der Waals surface area contributed by atoms with Gasteiger partial charge in [-0.1, -0.05) is 19.8 Å². The summed E-state index contributed by atoms with van der Waals surface area (Å²) in [6.07, 6.45) is 1.37. The first kappa shape index (κ1) is 18.8. The Morgan fingerprint density at radius 1 is 1.48 bits per heavy atom. The lowest BCUT2D eigenvalue weighted by molar-refractivity contribution is -0.386. The van der Waals surface area contributed by atoms with Gasteiger partial charge < -0.3 is 9.84 Å². The van der Waals surface area contributed by atoms with Crippen molar-refractivity contribution >= 4 is 21.7 Å². The molecule has 0 saturated heterocycles. The van der Waals surface area contributed by atoms with Crippen molar-refractivity contribution in [1.82, 2.24) is 4.72 Å². The summed E-state index contributed by atoms with van der Waals surface area (Å²) in [5.41, 5.74) is -0.518. The summed E-state index contributed by atoms with van der Waals surface area (Å²) in [5.74, 6) is -1.39. The minimum atomic E-state index is -4.21. The smallest absolute Gasteiger partial charge is 0.321 e. The zero-order chi connectivity index (χ0) is 17.6. The van der Waals surface area contributed by atoms with E-state index in [9.17, 15) is 23.3 Å². The van der Waals surface area contributed by atoms with Crippen LogP contribution in [-0.2, 0) is 14.8 Å². The maximum Gasteiger partial charge on any atom is 0.321 e. The van der Waals surface area contributed by atoms with Gasteiger partial charge in [-0.15, -0.1) is 0 Å². The lowest BCUT2D eigenvalue weighted by atomic mass is 10.1. The van der Waals surface area contributed by atoms with Crippen LogP contribution in [0.2, 0.25) is 0 Å². The van der Waals surface area contributed by atoms with Gasteiger partial charge in [0.05, 0.1) is 16.9 Å². The van der Waals surface area contributed by atoms with Gasteiger partial charge in [0.25, 0.3) is 0 Å². The van der Waals surface area contributed by atoms with E-state index >= 15 is 0 Å². The van der Waals surface area contributed by atoms with Crippen molar-refractivity contribution in [1.29, 1.82) is 0 Å². The summed E-state index contributed by atoms with van der Waals surface area (Å²) in [4.78, 5) is 20.9. The number of carboxylic acids is 1. The molecule has 0 aromatic heterocycles. The first-order valence-corrected chi connectivity index (χ1v) is 8.28. The molecule has 1 aromatic carbocycles. The third kappa shape index (κ3) is 4.89. The van der Waals surface area contributed by atoms with Gasteiger partial charge in [-0.3, -0.25) is 14.9 Å². The van der Waals surface area contributed by atoms with E-state index in [-0.39, 0.29) is 12.2 Å². The van der Waals surface area contributed by atoms with Crippen LogP contribution in [0.3, 0.4) is 0 Å². The van der Waals surface area contributed by atoms with E-state index in [1.54, 1.807) is 0 Å². The van der Waals surface area contributed by atoms with Crippen molar-refractivity contribution in [3.8, 4) is 5.75 Å². The van der Waals surface area contributed by atoms with Crippen LogP contribution >= 0.6 is 0 Å². The highest BCUT2D eigenvalue weighted by molar-refractivity contribution is 7.89. The number of aliphatic carboxylic acids is 1. The summed E-state index contributed by atoms with van der Waals surface area (Å²) in [6, 6.07) is 1.81. The Kier molecular flexibility index (Phi) is 6.46. The molecule has 1 rings (SSSR count). The Morgan fingerprint density at radius 3 is 2.61 bits per heavy atom. The number of nitrogens with zero attached hydrogens (tertiary/aromatic N) is 1. The highest BCUT2D eigenvalue weighted by atomic mass is 32.2. The topological polar surface area (TPSA) is 136 Å². The van der Waals surface area contributed by atoms with E-state index in [0.29, 0.717) is 12.8 Å². The number of methoxy groups -OCH3 is 1. The van der Waals surface area contributed by atoms with E-state index in [2.05, 4.69) is 4.72 Å². The second kappa shape index (κ2) is 7.88. The van der Waals surface area contributed by atoms with E-state index in [0.717, 1.165) is 18.2 Å².